The fourth-order valence-electron chi connectivity index (χ4n) is 0.770. The molecule has 14 heavy (non-hydrogen) atoms. The Morgan fingerprint density at radius 1 is 1.29 bits per heavy atom. The topological polar surface area (TPSA) is 70.2 Å². The minimum absolute atomic E-state index is 0.150. The van der Waals surface area contributed by atoms with Gasteiger partial charge in [-0.25, -0.2) is 0 Å². The van der Waals surface area contributed by atoms with Crippen LogP contribution in [-0.4, -0.2) is 24.9 Å². The highest BCUT2D eigenvalue weighted by Gasteiger charge is 2.10. The largest absolute Gasteiger partial charge is 0.309 e. The molecule has 0 aliphatic carbocycles. The number of nitrogens with one attached hydrogen (secondary N) is 3. The summed E-state index contributed by atoms with van der Waals surface area (Å²) < 4.78 is 0. The summed E-state index contributed by atoms with van der Waals surface area (Å²) in [6.07, 6.45) is 2.25. The van der Waals surface area contributed by atoms with Crippen molar-refractivity contribution in [2.24, 2.45) is 0 Å². The molecule has 0 saturated heterocycles. The maximum absolute atomic E-state index is 11.2. The predicted molar refractivity (Wildman–Crippen MR) is 54.3 cm³/mol. The van der Waals surface area contributed by atoms with Crippen molar-refractivity contribution >= 4 is 11.8 Å². The van der Waals surface area contributed by atoms with Crippen molar-refractivity contribution in [2.45, 2.75) is 39.2 Å². The number of rotatable bonds is 5. The predicted octanol–water partition coefficient (Wildman–Crippen LogP) is -0.0681. The number of hydrogen-bond donors (Lipinski definition) is 3. The first-order chi connectivity index (χ1) is 6.61. The van der Waals surface area contributed by atoms with Crippen LogP contribution in [0.1, 0.15) is 33.1 Å². The van der Waals surface area contributed by atoms with Gasteiger partial charge in [0.25, 0.3) is 5.91 Å². The standard InChI is InChI=1S/C9H19N3O2/c1-4-5-6-8(13)11-12-9(14)7(2)10-3/h7,10H,4-6H2,1-3H3,(H,11,13)(H,12,14)/t7-/m1/s1. The molecule has 0 fully saturated rings. The van der Waals surface area contributed by atoms with E-state index in [2.05, 4.69) is 16.2 Å². The summed E-state index contributed by atoms with van der Waals surface area (Å²) in [5, 5.41) is 2.77. The molecule has 5 nitrogen and oxygen atoms in total. The Bertz CT molecular complexity index is 194. The molecule has 1 atom stereocenters. The lowest BCUT2D eigenvalue weighted by molar-refractivity contribution is -0.129. The third-order valence-electron chi connectivity index (χ3n) is 1.91. The molecule has 0 heterocycles. The molecule has 0 unspecified atom stereocenters. The summed E-state index contributed by atoms with van der Waals surface area (Å²) in [7, 11) is 1.68. The van der Waals surface area contributed by atoms with Crippen LogP contribution in [0.2, 0.25) is 0 Å². The highest BCUT2D eigenvalue weighted by atomic mass is 16.2. The third kappa shape index (κ3) is 5.53. The number of carbonyl (C=O) groups excluding carboxylic acids is 2. The van der Waals surface area contributed by atoms with Gasteiger partial charge in [-0.2, -0.15) is 0 Å². The van der Waals surface area contributed by atoms with Crippen molar-refractivity contribution in [1.29, 1.82) is 0 Å². The Balaban J connectivity index is 3.61. The third-order valence-corrected chi connectivity index (χ3v) is 1.91. The second-order valence-corrected chi connectivity index (χ2v) is 3.15. The lowest BCUT2D eigenvalue weighted by atomic mass is 10.2. The van der Waals surface area contributed by atoms with E-state index in [4.69, 9.17) is 0 Å². The molecule has 2 amide bonds. The molecule has 0 aliphatic rings. The van der Waals surface area contributed by atoms with Gasteiger partial charge in [0.15, 0.2) is 0 Å². The van der Waals surface area contributed by atoms with Crippen LogP contribution in [0.15, 0.2) is 0 Å². The maximum atomic E-state index is 11.2. The monoisotopic (exact) mass is 201 g/mol. The van der Waals surface area contributed by atoms with Gasteiger partial charge in [0.2, 0.25) is 5.91 Å². The number of unbranched alkanes of at least 4 members (excludes halogenated alkanes) is 1. The number of likely N-dealkylation sites (N-methyl/N-ethyl adjacent to an activating group) is 1. The average Bonchev–Trinajstić information content (AvgIpc) is 2.21. The Hall–Kier alpha value is -1.10. The summed E-state index contributed by atoms with van der Waals surface area (Å²) in [5.41, 5.74) is 4.70. The van der Waals surface area contributed by atoms with E-state index in [1.54, 1.807) is 14.0 Å². The van der Waals surface area contributed by atoms with Crippen LogP contribution in [-0.2, 0) is 9.59 Å². The van der Waals surface area contributed by atoms with Crippen molar-refractivity contribution in [3.05, 3.63) is 0 Å². The minimum Gasteiger partial charge on any atom is -0.309 e. The van der Waals surface area contributed by atoms with Crippen molar-refractivity contribution < 1.29 is 9.59 Å². The first-order valence-corrected chi connectivity index (χ1v) is 4.87. The number of amides is 2. The molecular formula is C9H19N3O2. The molecule has 3 N–H and O–H groups in total. The fourth-order valence-corrected chi connectivity index (χ4v) is 0.770. The molecule has 5 heteroatoms. The van der Waals surface area contributed by atoms with E-state index in [9.17, 15) is 9.59 Å². The second-order valence-electron chi connectivity index (χ2n) is 3.15. The van der Waals surface area contributed by atoms with E-state index in [1.807, 2.05) is 6.92 Å². The Morgan fingerprint density at radius 2 is 1.93 bits per heavy atom. The van der Waals surface area contributed by atoms with Crippen LogP contribution in [0.5, 0.6) is 0 Å². The Labute approximate surface area is 84.6 Å². The molecule has 0 saturated carbocycles. The molecule has 0 rings (SSSR count). The van der Waals surface area contributed by atoms with E-state index >= 15 is 0 Å². The molecule has 0 aliphatic heterocycles. The van der Waals surface area contributed by atoms with Crippen LogP contribution in [0.4, 0.5) is 0 Å². The summed E-state index contributed by atoms with van der Waals surface area (Å²) in [4.78, 5) is 22.2. The molecule has 0 bridgehead atoms. The number of hydrazine groups is 1. The SMILES string of the molecule is CCCCC(=O)NNC(=O)[C@@H](C)NC. The molecule has 0 spiro atoms. The van der Waals surface area contributed by atoms with E-state index in [-0.39, 0.29) is 17.9 Å². The van der Waals surface area contributed by atoms with Crippen LogP contribution in [0.3, 0.4) is 0 Å². The summed E-state index contributed by atoms with van der Waals surface area (Å²) >= 11 is 0. The molecular weight excluding hydrogens is 182 g/mol. The van der Waals surface area contributed by atoms with E-state index in [0.717, 1.165) is 12.8 Å². The zero-order valence-corrected chi connectivity index (χ0v) is 9.02. The Morgan fingerprint density at radius 3 is 2.43 bits per heavy atom. The lowest BCUT2D eigenvalue weighted by Crippen LogP contribution is -2.49. The maximum Gasteiger partial charge on any atom is 0.255 e. The minimum atomic E-state index is -0.304. The van der Waals surface area contributed by atoms with Gasteiger partial charge in [0, 0.05) is 6.42 Å². The van der Waals surface area contributed by atoms with E-state index in [1.165, 1.54) is 0 Å². The Kier molecular flexibility index (Phi) is 6.74. The molecule has 82 valence electrons. The fraction of sp³-hybridized carbons (Fsp3) is 0.778. The van der Waals surface area contributed by atoms with Gasteiger partial charge in [-0.1, -0.05) is 13.3 Å². The lowest BCUT2D eigenvalue weighted by Gasteiger charge is -2.11. The smallest absolute Gasteiger partial charge is 0.255 e. The van der Waals surface area contributed by atoms with Gasteiger partial charge in [0.1, 0.15) is 0 Å². The van der Waals surface area contributed by atoms with Crippen LogP contribution >= 0.6 is 0 Å². The van der Waals surface area contributed by atoms with E-state index in [0.29, 0.717) is 6.42 Å². The number of hydrogen-bond acceptors (Lipinski definition) is 3. The summed E-state index contributed by atoms with van der Waals surface area (Å²) in [6, 6.07) is -0.304. The van der Waals surface area contributed by atoms with Gasteiger partial charge in [-0.3, -0.25) is 20.4 Å². The van der Waals surface area contributed by atoms with Gasteiger partial charge in [-0.15, -0.1) is 0 Å². The van der Waals surface area contributed by atoms with Crippen LogP contribution < -0.4 is 16.2 Å². The van der Waals surface area contributed by atoms with Crippen LogP contribution in [0.25, 0.3) is 0 Å². The molecule has 0 aromatic heterocycles. The summed E-state index contributed by atoms with van der Waals surface area (Å²) in [5.74, 6) is -0.388. The normalized spacial score (nSPS) is 11.9. The van der Waals surface area contributed by atoms with Gasteiger partial charge in [0.05, 0.1) is 6.04 Å². The zero-order valence-electron chi connectivity index (χ0n) is 9.02. The number of carbonyl (C=O) groups is 2. The quantitative estimate of drug-likeness (QED) is 0.545. The van der Waals surface area contributed by atoms with Crippen molar-refractivity contribution in [1.82, 2.24) is 16.2 Å². The first-order valence-electron chi connectivity index (χ1n) is 4.87. The van der Waals surface area contributed by atoms with Gasteiger partial charge < -0.3 is 5.32 Å². The highest BCUT2D eigenvalue weighted by molar-refractivity contribution is 5.84. The first kappa shape index (κ1) is 12.9. The average molecular weight is 201 g/mol. The molecule has 0 aromatic rings. The highest BCUT2D eigenvalue weighted by Crippen LogP contribution is 1.91. The molecule has 0 aromatic carbocycles. The molecule has 0 radical (unpaired) electrons. The van der Waals surface area contributed by atoms with Crippen molar-refractivity contribution in [2.75, 3.05) is 7.05 Å². The van der Waals surface area contributed by atoms with Gasteiger partial charge >= 0.3 is 0 Å². The van der Waals surface area contributed by atoms with Crippen molar-refractivity contribution in [3.8, 4) is 0 Å². The summed E-state index contributed by atoms with van der Waals surface area (Å²) in [6.45, 7) is 3.72. The van der Waals surface area contributed by atoms with Crippen LogP contribution in [0, 0.1) is 0 Å². The van der Waals surface area contributed by atoms with Gasteiger partial charge in [-0.05, 0) is 20.4 Å². The second kappa shape index (κ2) is 7.32. The van der Waals surface area contributed by atoms with Crippen molar-refractivity contribution in [3.63, 3.8) is 0 Å². The van der Waals surface area contributed by atoms with E-state index < -0.39 is 0 Å². The zero-order chi connectivity index (χ0) is 11.0.